The molecule has 2 aliphatic rings. The molecule has 9 rings (SSSR count). The number of allylic oxidation sites excluding steroid dienone is 4. The van der Waals surface area contributed by atoms with E-state index in [1.165, 1.54) is 82.4 Å². The normalized spacial score (nSPS) is 15.2. The fourth-order valence-corrected chi connectivity index (χ4v) is 8.03. The van der Waals surface area contributed by atoms with Gasteiger partial charge in [0.25, 0.3) is 0 Å². The summed E-state index contributed by atoms with van der Waals surface area (Å²) < 4.78 is 0. The smallest absolute Gasteiger partial charge is 0.0346 e. The third-order valence-corrected chi connectivity index (χ3v) is 10.2. The highest BCUT2D eigenvalue weighted by Gasteiger charge is 2.37. The van der Waals surface area contributed by atoms with Crippen LogP contribution in [0.4, 0.5) is 0 Å². The molecule has 0 unspecified atom stereocenters. The van der Waals surface area contributed by atoms with E-state index in [4.69, 9.17) is 0 Å². The van der Waals surface area contributed by atoms with E-state index in [2.05, 4.69) is 140 Å². The fourth-order valence-electron chi connectivity index (χ4n) is 8.03. The molecular weight excluding hydrogens is 542 g/mol. The van der Waals surface area contributed by atoms with Gasteiger partial charge in [-0.05, 0) is 120 Å². The zero-order chi connectivity index (χ0) is 30.1. The predicted octanol–water partition coefficient (Wildman–Crippen LogP) is 11.9. The second-order valence-corrected chi connectivity index (χ2v) is 13.1. The zero-order valence-electron chi connectivity index (χ0n) is 25.6. The Morgan fingerprint density at radius 1 is 0.578 bits per heavy atom. The number of rotatable bonds is 3. The minimum atomic E-state index is 0.0255. The van der Waals surface area contributed by atoms with Crippen molar-refractivity contribution in [3.8, 4) is 33.4 Å². The molecule has 45 heavy (non-hydrogen) atoms. The van der Waals surface area contributed by atoms with E-state index in [0.29, 0.717) is 0 Å². The lowest BCUT2D eigenvalue weighted by Gasteiger charge is -2.24. The number of benzene rings is 6. The monoisotopic (exact) mass is 575 g/mol. The van der Waals surface area contributed by atoms with Gasteiger partial charge >= 0.3 is 0 Å². The van der Waals surface area contributed by atoms with Gasteiger partial charge in [0.1, 0.15) is 0 Å². The van der Waals surface area contributed by atoms with Crippen LogP contribution in [0.1, 0.15) is 37.8 Å². The maximum Gasteiger partial charge on any atom is 0.0346 e. The Balaban J connectivity index is 1.37. The maximum absolute atomic E-state index is 4.53. The van der Waals surface area contributed by atoms with Crippen molar-refractivity contribution in [1.82, 2.24) is 4.98 Å². The third kappa shape index (κ3) is 3.97. The number of hydrogen-bond acceptors (Lipinski definition) is 1. The summed E-state index contributed by atoms with van der Waals surface area (Å²) in [6, 6.07) is 42.9. The summed E-state index contributed by atoms with van der Waals surface area (Å²) in [6.07, 6.45) is 10.8. The molecule has 7 aromatic rings. The van der Waals surface area contributed by atoms with Crippen molar-refractivity contribution in [2.24, 2.45) is 0 Å². The topological polar surface area (TPSA) is 12.9 Å². The van der Waals surface area contributed by atoms with Gasteiger partial charge in [-0.3, -0.25) is 4.98 Å². The van der Waals surface area contributed by atoms with Gasteiger partial charge in [0.15, 0.2) is 0 Å². The summed E-state index contributed by atoms with van der Waals surface area (Å²) in [6.45, 7) is 4.76. The average Bonchev–Trinajstić information content (AvgIpc) is 3.32. The highest BCUT2D eigenvalue weighted by Crippen LogP contribution is 2.52. The van der Waals surface area contributed by atoms with Crippen molar-refractivity contribution >= 4 is 37.9 Å². The summed E-state index contributed by atoms with van der Waals surface area (Å²) >= 11 is 0. The first-order valence-corrected chi connectivity index (χ1v) is 16.0. The summed E-state index contributed by atoms with van der Waals surface area (Å²) in [5.41, 5.74) is 13.3. The van der Waals surface area contributed by atoms with E-state index in [0.717, 1.165) is 18.4 Å². The van der Waals surface area contributed by atoms with Crippen LogP contribution in [0.5, 0.6) is 0 Å². The van der Waals surface area contributed by atoms with Gasteiger partial charge in [0, 0.05) is 23.4 Å². The molecule has 1 aromatic heterocycles. The highest BCUT2D eigenvalue weighted by molar-refractivity contribution is 6.22. The largest absolute Gasteiger partial charge is 0.264 e. The molecule has 0 fully saturated rings. The molecule has 1 nitrogen and oxygen atoms in total. The number of fused-ring (bicyclic) bond motifs is 5. The summed E-state index contributed by atoms with van der Waals surface area (Å²) in [5, 5.41) is 7.58. The van der Waals surface area contributed by atoms with Crippen LogP contribution < -0.4 is 0 Å². The van der Waals surface area contributed by atoms with Gasteiger partial charge in [0.05, 0.1) is 0 Å². The van der Waals surface area contributed by atoms with E-state index in [9.17, 15) is 0 Å². The molecule has 0 bridgehead atoms. The molecule has 0 spiro atoms. The molecule has 0 aliphatic heterocycles. The standard InChI is InChI=1S/C44H33N/c1-44(2)40-16-8-7-13-34(40)38-26-32(20-22-41(38)44)42-35-14-5-6-15-36(35)43(33-12-9-23-45-27-33)37-21-19-31(25-39(37)42)30-18-17-28-10-3-4-11-29(28)24-30/h3-6,8-12,14-27H,7,13H2,1-2H3. The number of hydrogen-bond donors (Lipinski definition) is 0. The van der Waals surface area contributed by atoms with Gasteiger partial charge in [-0.25, -0.2) is 0 Å². The number of nitrogens with zero attached hydrogens (tertiary/aromatic N) is 1. The maximum atomic E-state index is 4.53. The Morgan fingerprint density at radius 2 is 1.29 bits per heavy atom. The molecule has 1 heterocycles. The second-order valence-electron chi connectivity index (χ2n) is 13.1. The molecule has 0 radical (unpaired) electrons. The van der Waals surface area contributed by atoms with Crippen molar-refractivity contribution in [1.29, 1.82) is 0 Å². The van der Waals surface area contributed by atoms with E-state index >= 15 is 0 Å². The predicted molar refractivity (Wildman–Crippen MR) is 191 cm³/mol. The molecule has 0 N–H and O–H groups in total. The SMILES string of the molecule is CC1(C)C2=C(CCC=C2)c2cc(-c3c4ccccc4c(-c4cccnc4)c4ccc(-c5ccc6ccccc6c5)cc34)ccc21. The summed E-state index contributed by atoms with van der Waals surface area (Å²) in [5.74, 6) is 0. The second kappa shape index (κ2) is 9.87. The van der Waals surface area contributed by atoms with E-state index < -0.39 is 0 Å². The quantitative estimate of drug-likeness (QED) is 0.191. The van der Waals surface area contributed by atoms with Gasteiger partial charge in [-0.2, -0.15) is 0 Å². The Morgan fingerprint density at radius 3 is 2.11 bits per heavy atom. The molecule has 0 saturated carbocycles. The van der Waals surface area contributed by atoms with Crippen molar-refractivity contribution in [2.75, 3.05) is 0 Å². The Kier molecular flexibility index (Phi) is 5.74. The van der Waals surface area contributed by atoms with Crippen LogP contribution in [0.2, 0.25) is 0 Å². The average molecular weight is 576 g/mol. The highest BCUT2D eigenvalue weighted by atomic mass is 14.6. The number of pyridine rings is 1. The Bertz CT molecular complexity index is 2390. The lowest BCUT2D eigenvalue weighted by molar-refractivity contribution is 0.651. The van der Waals surface area contributed by atoms with Gasteiger partial charge in [-0.15, -0.1) is 0 Å². The zero-order valence-corrected chi connectivity index (χ0v) is 25.6. The number of aromatic nitrogens is 1. The Hall–Kier alpha value is -5.27. The lowest BCUT2D eigenvalue weighted by atomic mass is 9.79. The van der Waals surface area contributed by atoms with Crippen molar-refractivity contribution < 1.29 is 0 Å². The first-order valence-electron chi connectivity index (χ1n) is 16.0. The van der Waals surface area contributed by atoms with Crippen LogP contribution in [0.15, 0.2) is 145 Å². The van der Waals surface area contributed by atoms with E-state index in [1.54, 1.807) is 0 Å². The molecule has 6 aromatic carbocycles. The minimum Gasteiger partial charge on any atom is -0.264 e. The van der Waals surface area contributed by atoms with E-state index in [-0.39, 0.29) is 5.41 Å². The molecule has 1 heteroatoms. The van der Waals surface area contributed by atoms with Crippen molar-refractivity contribution in [3.05, 3.63) is 157 Å². The molecule has 0 atom stereocenters. The van der Waals surface area contributed by atoms with Crippen LogP contribution in [0, 0.1) is 0 Å². The van der Waals surface area contributed by atoms with Gasteiger partial charge < -0.3 is 0 Å². The first kappa shape index (κ1) is 26.2. The van der Waals surface area contributed by atoms with Crippen LogP contribution in [-0.2, 0) is 5.41 Å². The molecule has 0 saturated heterocycles. The van der Waals surface area contributed by atoms with Crippen LogP contribution in [0.25, 0.3) is 71.3 Å². The molecule has 0 amide bonds. The molecule has 214 valence electrons. The van der Waals surface area contributed by atoms with Crippen molar-refractivity contribution in [2.45, 2.75) is 32.1 Å². The van der Waals surface area contributed by atoms with Crippen LogP contribution in [0.3, 0.4) is 0 Å². The van der Waals surface area contributed by atoms with Gasteiger partial charge in [0.2, 0.25) is 0 Å². The molecule has 2 aliphatic carbocycles. The fraction of sp³-hybridized carbons (Fsp3) is 0.114. The molecular formula is C44H33N. The minimum absolute atomic E-state index is 0.0255. The van der Waals surface area contributed by atoms with Crippen molar-refractivity contribution in [3.63, 3.8) is 0 Å². The first-order chi connectivity index (χ1) is 22.1. The Labute approximate surface area is 264 Å². The van der Waals surface area contributed by atoms with Crippen LogP contribution in [-0.4, -0.2) is 4.98 Å². The van der Waals surface area contributed by atoms with E-state index in [1.807, 2.05) is 18.5 Å². The summed E-state index contributed by atoms with van der Waals surface area (Å²) in [4.78, 5) is 4.53. The van der Waals surface area contributed by atoms with Crippen LogP contribution >= 0.6 is 0 Å². The van der Waals surface area contributed by atoms with Gasteiger partial charge in [-0.1, -0.05) is 117 Å². The summed E-state index contributed by atoms with van der Waals surface area (Å²) in [7, 11) is 0. The lowest BCUT2D eigenvalue weighted by Crippen LogP contribution is -2.16. The third-order valence-electron chi connectivity index (χ3n) is 10.2.